The number of ether oxygens (including phenoxy) is 2. The summed E-state index contributed by atoms with van der Waals surface area (Å²) in [7, 11) is 1.54. The second-order valence-corrected chi connectivity index (χ2v) is 3.61. The van der Waals surface area contributed by atoms with E-state index in [1.807, 2.05) is 6.07 Å². The van der Waals surface area contributed by atoms with Crippen LogP contribution >= 0.6 is 12.2 Å². The Kier molecular flexibility index (Phi) is 5.86. The minimum Gasteiger partial charge on any atom is -0.481 e. The molecule has 0 saturated heterocycles. The normalized spacial score (nSPS) is 9.44. The topological polar surface area (TPSA) is 72.5 Å². The zero-order chi connectivity index (χ0) is 13.4. The molecule has 18 heavy (non-hydrogen) atoms. The number of methoxy groups -OCH3 is 1. The summed E-state index contributed by atoms with van der Waals surface area (Å²) in [6, 6.07) is 3.65. The van der Waals surface area contributed by atoms with Crippen LogP contribution in [0.15, 0.2) is 18.3 Å². The Balaban J connectivity index is 2.45. The standard InChI is InChI=1S/C11H15N3O3S/c1-3-17-11(15)14-10(18)13-7-8-5-4-6-12-9(8)16-2/h4-6H,3,7H2,1-2H3,(H2,13,14,15,18). The molecule has 1 heterocycles. The Morgan fingerprint density at radius 2 is 2.33 bits per heavy atom. The molecule has 2 N–H and O–H groups in total. The lowest BCUT2D eigenvalue weighted by atomic mass is 10.3. The number of amides is 1. The first-order valence-corrected chi connectivity index (χ1v) is 5.77. The lowest BCUT2D eigenvalue weighted by Gasteiger charge is -2.10. The van der Waals surface area contributed by atoms with Crippen molar-refractivity contribution < 1.29 is 14.3 Å². The van der Waals surface area contributed by atoms with Crippen LogP contribution in [0.4, 0.5) is 4.79 Å². The van der Waals surface area contributed by atoms with Gasteiger partial charge in [-0.1, -0.05) is 6.07 Å². The number of pyridine rings is 1. The number of aromatic nitrogens is 1. The average Bonchev–Trinajstić information content (AvgIpc) is 2.37. The highest BCUT2D eigenvalue weighted by Crippen LogP contribution is 2.12. The SMILES string of the molecule is CCOC(=O)NC(=S)NCc1cccnc1OC. The van der Waals surface area contributed by atoms with Gasteiger partial charge in [-0.05, 0) is 25.2 Å². The van der Waals surface area contributed by atoms with E-state index in [9.17, 15) is 4.79 Å². The summed E-state index contributed by atoms with van der Waals surface area (Å²) in [5.74, 6) is 0.518. The molecule has 0 aromatic carbocycles. The average molecular weight is 269 g/mol. The van der Waals surface area contributed by atoms with Crippen LogP contribution in [0.1, 0.15) is 12.5 Å². The van der Waals surface area contributed by atoms with Crippen LogP contribution in [0, 0.1) is 0 Å². The molecule has 0 saturated carbocycles. The number of carbonyl (C=O) groups is 1. The van der Waals surface area contributed by atoms with Crippen molar-refractivity contribution in [1.29, 1.82) is 0 Å². The maximum Gasteiger partial charge on any atom is 0.413 e. The largest absolute Gasteiger partial charge is 0.481 e. The number of carbonyl (C=O) groups excluding carboxylic acids is 1. The highest BCUT2D eigenvalue weighted by atomic mass is 32.1. The highest BCUT2D eigenvalue weighted by molar-refractivity contribution is 7.80. The molecule has 0 aliphatic carbocycles. The van der Waals surface area contributed by atoms with Crippen molar-refractivity contribution in [3.8, 4) is 5.88 Å². The first-order chi connectivity index (χ1) is 8.67. The number of hydrogen-bond donors (Lipinski definition) is 2. The van der Waals surface area contributed by atoms with E-state index in [1.165, 1.54) is 0 Å². The van der Waals surface area contributed by atoms with Gasteiger partial charge in [0.2, 0.25) is 5.88 Å². The number of nitrogens with zero attached hydrogens (tertiary/aromatic N) is 1. The van der Waals surface area contributed by atoms with Gasteiger partial charge in [-0.15, -0.1) is 0 Å². The Bertz CT molecular complexity index is 426. The van der Waals surface area contributed by atoms with E-state index in [1.54, 1.807) is 26.3 Å². The van der Waals surface area contributed by atoms with Crippen molar-refractivity contribution in [2.24, 2.45) is 0 Å². The van der Waals surface area contributed by atoms with E-state index in [2.05, 4.69) is 15.6 Å². The Morgan fingerprint density at radius 1 is 1.56 bits per heavy atom. The molecule has 0 atom stereocenters. The fourth-order valence-corrected chi connectivity index (χ4v) is 1.38. The molecule has 98 valence electrons. The van der Waals surface area contributed by atoms with Gasteiger partial charge >= 0.3 is 6.09 Å². The van der Waals surface area contributed by atoms with Gasteiger partial charge in [0.25, 0.3) is 0 Å². The Hall–Kier alpha value is -1.89. The monoisotopic (exact) mass is 269 g/mol. The van der Waals surface area contributed by atoms with Crippen molar-refractivity contribution in [1.82, 2.24) is 15.6 Å². The molecule has 0 aliphatic rings. The van der Waals surface area contributed by atoms with Gasteiger partial charge in [0.15, 0.2) is 5.11 Å². The third-order valence-corrected chi connectivity index (χ3v) is 2.22. The predicted molar refractivity (Wildman–Crippen MR) is 70.4 cm³/mol. The van der Waals surface area contributed by atoms with Gasteiger partial charge < -0.3 is 14.8 Å². The molecule has 1 aromatic rings. The molecule has 6 nitrogen and oxygen atoms in total. The maximum atomic E-state index is 11.1. The van der Waals surface area contributed by atoms with E-state index in [4.69, 9.17) is 21.7 Å². The first-order valence-electron chi connectivity index (χ1n) is 5.36. The van der Waals surface area contributed by atoms with Crippen molar-refractivity contribution in [3.63, 3.8) is 0 Å². The molecule has 0 spiro atoms. The molecule has 0 aliphatic heterocycles. The number of nitrogens with one attached hydrogen (secondary N) is 2. The van der Waals surface area contributed by atoms with Gasteiger partial charge in [0.1, 0.15) is 0 Å². The molecule has 0 fully saturated rings. The van der Waals surface area contributed by atoms with E-state index >= 15 is 0 Å². The van der Waals surface area contributed by atoms with Crippen LogP contribution in [0.3, 0.4) is 0 Å². The second kappa shape index (κ2) is 7.44. The molecular formula is C11H15N3O3S. The van der Waals surface area contributed by atoms with Crippen LogP contribution in [0.25, 0.3) is 0 Å². The van der Waals surface area contributed by atoms with Crippen LogP contribution in [0.5, 0.6) is 5.88 Å². The van der Waals surface area contributed by atoms with Crippen LogP contribution in [-0.4, -0.2) is 29.9 Å². The van der Waals surface area contributed by atoms with Crippen molar-refractivity contribution >= 4 is 23.4 Å². The van der Waals surface area contributed by atoms with Crippen molar-refractivity contribution in [3.05, 3.63) is 23.9 Å². The summed E-state index contributed by atoms with van der Waals surface area (Å²) < 4.78 is 9.79. The van der Waals surface area contributed by atoms with Crippen LogP contribution in [-0.2, 0) is 11.3 Å². The minimum absolute atomic E-state index is 0.194. The molecule has 0 radical (unpaired) electrons. The summed E-state index contributed by atoms with van der Waals surface area (Å²) in [6.45, 7) is 2.42. The van der Waals surface area contributed by atoms with E-state index in [0.717, 1.165) is 5.56 Å². The van der Waals surface area contributed by atoms with Gasteiger partial charge in [0, 0.05) is 18.3 Å². The number of alkyl carbamates (subject to hydrolysis) is 1. The molecule has 1 aromatic heterocycles. The lowest BCUT2D eigenvalue weighted by molar-refractivity contribution is 0.157. The first kappa shape index (κ1) is 14.2. The number of hydrogen-bond acceptors (Lipinski definition) is 5. The van der Waals surface area contributed by atoms with Gasteiger partial charge in [-0.3, -0.25) is 5.32 Å². The quantitative estimate of drug-likeness (QED) is 0.801. The van der Waals surface area contributed by atoms with Crippen molar-refractivity contribution in [2.45, 2.75) is 13.5 Å². The fourth-order valence-electron chi connectivity index (χ4n) is 1.22. The van der Waals surface area contributed by atoms with Crippen LogP contribution < -0.4 is 15.4 Å². The molecule has 0 unspecified atom stereocenters. The smallest absolute Gasteiger partial charge is 0.413 e. The highest BCUT2D eigenvalue weighted by Gasteiger charge is 2.06. The van der Waals surface area contributed by atoms with Crippen LogP contribution in [0.2, 0.25) is 0 Å². The summed E-state index contributed by atoms with van der Waals surface area (Å²) in [4.78, 5) is 15.1. The van der Waals surface area contributed by atoms with E-state index in [-0.39, 0.29) is 5.11 Å². The molecule has 7 heteroatoms. The number of thiocarbonyl (C=S) groups is 1. The molecule has 1 amide bonds. The fraction of sp³-hybridized carbons (Fsp3) is 0.364. The van der Waals surface area contributed by atoms with Gasteiger partial charge in [-0.2, -0.15) is 0 Å². The predicted octanol–water partition coefficient (Wildman–Crippen LogP) is 1.21. The van der Waals surface area contributed by atoms with Gasteiger partial charge in [-0.25, -0.2) is 9.78 Å². The third-order valence-electron chi connectivity index (χ3n) is 1.97. The zero-order valence-electron chi connectivity index (χ0n) is 10.2. The number of rotatable bonds is 4. The minimum atomic E-state index is -0.576. The second-order valence-electron chi connectivity index (χ2n) is 3.20. The summed E-state index contributed by atoms with van der Waals surface area (Å²) in [5, 5.41) is 5.44. The third kappa shape index (κ3) is 4.54. The van der Waals surface area contributed by atoms with E-state index in [0.29, 0.717) is 19.0 Å². The summed E-state index contributed by atoms with van der Waals surface area (Å²) in [6.07, 6.45) is 1.06. The Morgan fingerprint density at radius 3 is 3.00 bits per heavy atom. The lowest BCUT2D eigenvalue weighted by Crippen LogP contribution is -2.39. The summed E-state index contributed by atoms with van der Waals surface area (Å²) in [5.41, 5.74) is 0.841. The molecule has 1 rings (SSSR count). The van der Waals surface area contributed by atoms with E-state index < -0.39 is 6.09 Å². The maximum absolute atomic E-state index is 11.1. The van der Waals surface area contributed by atoms with Crippen molar-refractivity contribution in [2.75, 3.05) is 13.7 Å². The molecule has 0 bridgehead atoms. The Labute approximate surface area is 111 Å². The molecular weight excluding hydrogens is 254 g/mol. The summed E-state index contributed by atoms with van der Waals surface area (Å²) >= 11 is 4.94. The van der Waals surface area contributed by atoms with Gasteiger partial charge in [0.05, 0.1) is 13.7 Å². The zero-order valence-corrected chi connectivity index (χ0v) is 11.0.